The van der Waals surface area contributed by atoms with Gasteiger partial charge in [0.1, 0.15) is 0 Å². The summed E-state index contributed by atoms with van der Waals surface area (Å²) in [5, 5.41) is 11.9. The number of rotatable bonds is 4. The predicted molar refractivity (Wildman–Crippen MR) is 121 cm³/mol. The van der Waals surface area contributed by atoms with Crippen LogP contribution in [0.4, 0.5) is 0 Å². The van der Waals surface area contributed by atoms with Gasteiger partial charge in [0.05, 0.1) is 17.4 Å². The first-order valence-electron chi connectivity index (χ1n) is 11.0. The number of hydrogen-bond donors (Lipinski definition) is 2. The van der Waals surface area contributed by atoms with Crippen molar-refractivity contribution < 1.29 is 4.79 Å². The summed E-state index contributed by atoms with van der Waals surface area (Å²) in [7, 11) is 0. The molecule has 1 amide bonds. The maximum absolute atomic E-state index is 12.7. The lowest BCUT2D eigenvalue weighted by Crippen LogP contribution is -2.55. The fourth-order valence-electron chi connectivity index (χ4n) is 5.51. The minimum absolute atomic E-state index is 0.0220. The molecule has 0 radical (unpaired) electrons. The second-order valence-electron chi connectivity index (χ2n) is 9.18. The highest BCUT2D eigenvalue weighted by Gasteiger charge is 2.54. The number of hydrogen-bond acceptors (Lipinski definition) is 4. The summed E-state index contributed by atoms with van der Waals surface area (Å²) in [6.45, 7) is 0. The summed E-state index contributed by atoms with van der Waals surface area (Å²) >= 11 is 0. The molecule has 0 atom stereocenters. The van der Waals surface area contributed by atoms with E-state index in [1.165, 1.54) is 0 Å². The van der Waals surface area contributed by atoms with Crippen LogP contribution < -0.4 is 10.9 Å². The van der Waals surface area contributed by atoms with Crippen LogP contribution in [0.5, 0.6) is 0 Å². The van der Waals surface area contributed by atoms with E-state index in [0.29, 0.717) is 22.3 Å². The number of carbonyl (C=O) groups is 1. The van der Waals surface area contributed by atoms with Gasteiger partial charge < -0.3 is 9.88 Å². The van der Waals surface area contributed by atoms with E-state index >= 15 is 0 Å². The van der Waals surface area contributed by atoms with Crippen LogP contribution in [0.3, 0.4) is 0 Å². The summed E-state index contributed by atoms with van der Waals surface area (Å²) in [4.78, 5) is 28.7. The van der Waals surface area contributed by atoms with Gasteiger partial charge in [0.25, 0.3) is 11.5 Å². The largest absolute Gasteiger partial charge is 0.349 e. The SMILES string of the molecule is O=C(NC1CC2(C1)CC(c1n[nH]c(=O)c3ccccc13)C2)c1ccc(-n2ccnc2)cc1. The fourth-order valence-corrected chi connectivity index (χ4v) is 5.51. The number of H-pyrrole nitrogens is 1. The second-order valence-corrected chi connectivity index (χ2v) is 9.18. The van der Waals surface area contributed by atoms with Gasteiger partial charge >= 0.3 is 0 Å². The Morgan fingerprint density at radius 3 is 2.50 bits per heavy atom. The molecule has 1 spiro atoms. The molecule has 2 aliphatic carbocycles. The Bertz CT molecular complexity index is 1340. The van der Waals surface area contributed by atoms with Gasteiger partial charge in [-0.15, -0.1) is 0 Å². The number of aromatic amines is 1. The van der Waals surface area contributed by atoms with Crippen LogP contribution in [0.2, 0.25) is 0 Å². The van der Waals surface area contributed by atoms with Crippen LogP contribution in [0, 0.1) is 5.41 Å². The molecule has 4 aromatic rings. The number of amides is 1. The second kappa shape index (κ2) is 7.15. The third-order valence-electron chi connectivity index (χ3n) is 7.10. The van der Waals surface area contributed by atoms with Crippen molar-refractivity contribution in [2.24, 2.45) is 5.41 Å². The highest BCUT2D eigenvalue weighted by atomic mass is 16.1. The van der Waals surface area contributed by atoms with Crippen LogP contribution in [-0.2, 0) is 0 Å². The average Bonchev–Trinajstić information content (AvgIpc) is 3.30. The summed E-state index contributed by atoms with van der Waals surface area (Å²) in [5.74, 6) is 0.343. The molecular weight excluding hydrogens is 402 g/mol. The molecule has 160 valence electrons. The lowest BCUT2D eigenvalue weighted by Gasteiger charge is -2.57. The highest BCUT2D eigenvalue weighted by molar-refractivity contribution is 5.94. The first-order valence-corrected chi connectivity index (χ1v) is 11.0. The van der Waals surface area contributed by atoms with Crippen LogP contribution in [0.15, 0.2) is 72.0 Å². The number of imidazole rings is 1. The lowest BCUT2D eigenvalue weighted by molar-refractivity contribution is -0.0196. The molecule has 0 bridgehead atoms. The fraction of sp³-hybridized carbons (Fsp3) is 0.280. The molecule has 0 saturated heterocycles. The molecule has 7 nitrogen and oxygen atoms in total. The van der Waals surface area contributed by atoms with E-state index in [1.807, 2.05) is 59.3 Å². The van der Waals surface area contributed by atoms with E-state index in [1.54, 1.807) is 12.5 Å². The molecule has 7 heteroatoms. The number of fused-ring (bicyclic) bond motifs is 1. The Kier molecular flexibility index (Phi) is 4.24. The standard InChI is InChI=1S/C25H23N5O2/c31-23(16-5-7-19(8-6-16)30-10-9-26-15-30)27-18-13-25(14-18)11-17(12-25)22-20-3-1-2-4-21(20)24(32)29-28-22/h1-10,15,17-18H,11-14H2,(H,27,31)(H,29,32). The zero-order chi connectivity index (χ0) is 21.7. The number of nitrogens with one attached hydrogen (secondary N) is 2. The van der Waals surface area contributed by atoms with Crippen LogP contribution in [-0.4, -0.2) is 31.7 Å². The van der Waals surface area contributed by atoms with Crippen molar-refractivity contribution in [3.05, 3.63) is 88.9 Å². The Morgan fingerprint density at radius 2 is 1.78 bits per heavy atom. The van der Waals surface area contributed by atoms with Crippen molar-refractivity contribution in [2.75, 3.05) is 0 Å². The van der Waals surface area contributed by atoms with E-state index in [2.05, 4.69) is 20.5 Å². The summed E-state index contributed by atoms with van der Waals surface area (Å²) in [5.41, 5.74) is 2.81. The highest BCUT2D eigenvalue weighted by Crippen LogP contribution is 2.62. The van der Waals surface area contributed by atoms with E-state index in [0.717, 1.165) is 42.5 Å². The maximum atomic E-state index is 12.7. The topological polar surface area (TPSA) is 92.7 Å². The molecule has 0 aliphatic heterocycles. The van der Waals surface area contributed by atoms with Gasteiger partial charge in [-0.3, -0.25) is 9.59 Å². The van der Waals surface area contributed by atoms with Gasteiger partial charge in [-0.25, -0.2) is 10.1 Å². The van der Waals surface area contributed by atoms with Gasteiger partial charge in [0.2, 0.25) is 0 Å². The van der Waals surface area contributed by atoms with E-state index in [-0.39, 0.29) is 17.5 Å². The Balaban J connectivity index is 1.07. The number of aromatic nitrogens is 4. The van der Waals surface area contributed by atoms with Crippen molar-refractivity contribution in [3.63, 3.8) is 0 Å². The summed E-state index contributed by atoms with van der Waals surface area (Å²) in [6, 6.07) is 15.5. The van der Waals surface area contributed by atoms with Gasteiger partial charge in [0.15, 0.2) is 0 Å². The molecule has 2 saturated carbocycles. The lowest BCUT2D eigenvalue weighted by atomic mass is 9.49. The van der Waals surface area contributed by atoms with Gasteiger partial charge in [0, 0.05) is 41.0 Å². The minimum Gasteiger partial charge on any atom is -0.349 e. The molecule has 2 aromatic heterocycles. The van der Waals surface area contributed by atoms with Crippen LogP contribution in [0.1, 0.15) is 47.7 Å². The first-order chi connectivity index (χ1) is 15.6. The predicted octanol–water partition coefficient (Wildman–Crippen LogP) is 3.57. The first kappa shape index (κ1) is 19.0. The number of nitrogens with zero attached hydrogens (tertiary/aromatic N) is 3. The van der Waals surface area contributed by atoms with E-state index in [4.69, 9.17) is 0 Å². The normalized spacial score (nSPS) is 24.1. The van der Waals surface area contributed by atoms with Crippen molar-refractivity contribution in [3.8, 4) is 5.69 Å². The van der Waals surface area contributed by atoms with Gasteiger partial charge in [-0.1, -0.05) is 18.2 Å². The Hall–Kier alpha value is -3.74. The summed E-state index contributed by atoms with van der Waals surface area (Å²) in [6.07, 6.45) is 9.46. The number of benzene rings is 2. The molecule has 2 heterocycles. The van der Waals surface area contributed by atoms with E-state index < -0.39 is 0 Å². The zero-order valence-electron chi connectivity index (χ0n) is 17.5. The molecule has 32 heavy (non-hydrogen) atoms. The molecule has 0 unspecified atom stereocenters. The minimum atomic E-state index is -0.136. The third kappa shape index (κ3) is 3.12. The van der Waals surface area contributed by atoms with Crippen molar-refractivity contribution >= 4 is 16.7 Å². The van der Waals surface area contributed by atoms with Gasteiger partial charge in [-0.05, 0) is 61.4 Å². The Morgan fingerprint density at radius 1 is 1.03 bits per heavy atom. The van der Waals surface area contributed by atoms with Crippen LogP contribution in [0.25, 0.3) is 16.5 Å². The molecular formula is C25H23N5O2. The molecule has 2 aliphatic rings. The quantitative estimate of drug-likeness (QED) is 0.523. The van der Waals surface area contributed by atoms with Crippen molar-refractivity contribution in [1.82, 2.24) is 25.1 Å². The van der Waals surface area contributed by atoms with E-state index in [9.17, 15) is 9.59 Å². The van der Waals surface area contributed by atoms with Crippen LogP contribution >= 0.6 is 0 Å². The smallest absolute Gasteiger partial charge is 0.272 e. The molecule has 2 aromatic carbocycles. The van der Waals surface area contributed by atoms with Crippen molar-refractivity contribution in [2.45, 2.75) is 37.6 Å². The number of carbonyl (C=O) groups excluding carboxylic acids is 1. The zero-order valence-corrected chi connectivity index (χ0v) is 17.5. The molecule has 2 fully saturated rings. The Labute approximate surface area is 184 Å². The summed E-state index contributed by atoms with van der Waals surface area (Å²) < 4.78 is 1.91. The third-order valence-corrected chi connectivity index (χ3v) is 7.10. The van der Waals surface area contributed by atoms with Crippen molar-refractivity contribution in [1.29, 1.82) is 0 Å². The average molecular weight is 425 g/mol. The molecule has 2 N–H and O–H groups in total. The van der Waals surface area contributed by atoms with Gasteiger partial charge in [-0.2, -0.15) is 5.10 Å². The molecule has 6 rings (SSSR count). The maximum Gasteiger partial charge on any atom is 0.272 e. The monoisotopic (exact) mass is 425 g/mol.